The number of aliphatic hydroxyl groups excluding tert-OH is 1. The number of allylic oxidation sites excluding steroid dienone is 20. The maximum absolute atomic E-state index is 12.2. The number of hydrogen-bond donors (Lipinski definition) is 1. The van der Waals surface area contributed by atoms with Gasteiger partial charge in [-0.15, -0.1) is 6.26 Å². The first-order valence-corrected chi connectivity index (χ1v) is 20.0. The summed E-state index contributed by atoms with van der Waals surface area (Å²) in [7, 11) is 0. The van der Waals surface area contributed by atoms with Crippen molar-refractivity contribution in [1.29, 1.82) is 0 Å². The number of benzene rings is 3. The Balaban J connectivity index is 0.000000315. The quantitative estimate of drug-likeness (QED) is 0.0922. The Morgan fingerprint density at radius 2 is 0.812 bits per heavy atom. The van der Waals surface area contributed by atoms with Gasteiger partial charge in [-0.3, -0.25) is 0 Å². The fraction of sp³-hybridized carbons (Fsp3) is 0.160. The standard InChI is InChI=1S/C28H27N3O4.C16H19NO3.C6H6O.2Fe/c32-27(22-8-4-5-9-22)34-20-18-31(19-21-35-28(33)23-10-6-7-11-23)26-16-14-25(15-17-26)30-29-24-12-2-1-3-13-24;18-12-10-17(15-8-2-1-3-9-15)11-13-20-16(19)14-6-4-5-7-14;7-5-6-3-1-2-4-6;;/h1-17,32-33H,18-21H2;1-9,18-19H,10-13H2;1-5,7H;;/q;;;2*+2/p-4. The Hall–Kier alpha value is -6.66. The Bertz CT molecular complexity index is 2190. The van der Waals surface area contributed by atoms with Crippen molar-refractivity contribution in [3.8, 4) is 0 Å². The van der Waals surface area contributed by atoms with Gasteiger partial charge in [-0.1, -0.05) is 134 Å². The molecule has 4 aliphatic rings. The van der Waals surface area contributed by atoms with E-state index >= 15 is 0 Å². The number of azo groups is 1. The molecule has 64 heavy (non-hydrogen) atoms. The van der Waals surface area contributed by atoms with Crippen LogP contribution in [0.2, 0.25) is 0 Å². The summed E-state index contributed by atoms with van der Waals surface area (Å²) in [5, 5.41) is 63.5. The van der Waals surface area contributed by atoms with Crippen molar-refractivity contribution in [1.82, 2.24) is 0 Å². The van der Waals surface area contributed by atoms with Crippen LogP contribution in [0.25, 0.3) is 0 Å². The summed E-state index contributed by atoms with van der Waals surface area (Å²) >= 11 is 0. The summed E-state index contributed by atoms with van der Waals surface area (Å²) < 4.78 is 16.1. The van der Waals surface area contributed by atoms with E-state index in [0.717, 1.165) is 28.9 Å². The number of nitrogens with zero attached hydrogens (tertiary/aromatic N) is 4. The van der Waals surface area contributed by atoms with Gasteiger partial charge in [0.2, 0.25) is 0 Å². The molecule has 0 saturated heterocycles. The first-order chi connectivity index (χ1) is 30.4. The van der Waals surface area contributed by atoms with E-state index in [4.69, 9.17) is 19.3 Å². The average molecular weight is 945 g/mol. The van der Waals surface area contributed by atoms with Gasteiger partial charge in [-0.25, -0.2) is 0 Å². The minimum Gasteiger partial charge on any atom is -0.877 e. The van der Waals surface area contributed by atoms with Gasteiger partial charge in [-0.2, -0.15) is 10.2 Å². The van der Waals surface area contributed by atoms with Crippen LogP contribution < -0.4 is 30.2 Å². The molecule has 332 valence electrons. The van der Waals surface area contributed by atoms with E-state index in [0.29, 0.717) is 55.2 Å². The summed E-state index contributed by atoms with van der Waals surface area (Å²) in [6.45, 7) is 2.67. The van der Waals surface area contributed by atoms with Gasteiger partial charge in [0.05, 0.1) is 35.8 Å². The second-order valence-electron chi connectivity index (χ2n) is 13.3. The zero-order valence-electron chi connectivity index (χ0n) is 34.9. The van der Waals surface area contributed by atoms with Crippen molar-refractivity contribution in [3.63, 3.8) is 0 Å². The number of aliphatic hydroxyl groups is 1. The first-order valence-electron chi connectivity index (χ1n) is 20.0. The molecular formula is C50H48Fe2N4O8. The molecule has 0 aromatic heterocycles. The van der Waals surface area contributed by atoms with Crippen LogP contribution in [-0.4, -0.2) is 57.7 Å². The second kappa shape index (κ2) is 29.6. The fourth-order valence-corrected chi connectivity index (χ4v) is 5.83. The number of para-hydroxylation sites is 1. The molecule has 14 heteroatoms. The molecule has 3 aromatic carbocycles. The third-order valence-corrected chi connectivity index (χ3v) is 9.05. The van der Waals surface area contributed by atoms with E-state index in [1.807, 2.05) is 107 Å². The van der Waals surface area contributed by atoms with Gasteiger partial charge in [-0.05, 0) is 70.8 Å². The van der Waals surface area contributed by atoms with Gasteiger partial charge >= 0.3 is 34.1 Å². The van der Waals surface area contributed by atoms with E-state index in [9.17, 15) is 20.4 Å². The molecule has 1 N–H and O–H groups in total. The predicted octanol–water partition coefficient (Wildman–Crippen LogP) is 5.89. The van der Waals surface area contributed by atoms with Crippen LogP contribution >= 0.6 is 0 Å². The Morgan fingerprint density at radius 3 is 1.19 bits per heavy atom. The first kappa shape index (κ1) is 51.7. The van der Waals surface area contributed by atoms with Gasteiger partial charge in [0.15, 0.2) is 0 Å². The third-order valence-electron chi connectivity index (χ3n) is 9.05. The smallest absolute Gasteiger partial charge is 0.877 e. The maximum atomic E-state index is 12.2. The Kier molecular flexibility index (Phi) is 23.9. The molecule has 0 bridgehead atoms. The van der Waals surface area contributed by atoms with Crippen molar-refractivity contribution >= 4 is 22.7 Å². The molecule has 0 heterocycles. The minimum atomic E-state index is -0.366. The Morgan fingerprint density at radius 1 is 0.469 bits per heavy atom. The van der Waals surface area contributed by atoms with Gasteiger partial charge in [0.1, 0.15) is 0 Å². The topological polar surface area (TPSA) is 171 Å². The number of ether oxygens (including phenoxy) is 3. The largest absolute Gasteiger partial charge is 2.00 e. The monoisotopic (exact) mass is 944 g/mol. The van der Waals surface area contributed by atoms with E-state index in [-0.39, 0.29) is 71.8 Å². The van der Waals surface area contributed by atoms with Crippen LogP contribution in [0.3, 0.4) is 0 Å². The van der Waals surface area contributed by atoms with Crippen LogP contribution in [0, 0.1) is 0 Å². The van der Waals surface area contributed by atoms with Crippen molar-refractivity contribution in [2.24, 2.45) is 10.2 Å². The van der Waals surface area contributed by atoms with Gasteiger partial charge in [0, 0.05) is 57.4 Å². The maximum Gasteiger partial charge on any atom is 2.00 e. The molecular weight excluding hydrogens is 896 g/mol. The third kappa shape index (κ3) is 18.0. The molecule has 3 aromatic rings. The molecule has 12 nitrogen and oxygen atoms in total. The zero-order chi connectivity index (χ0) is 43.6. The average Bonchev–Trinajstić information content (AvgIpc) is 4.18. The van der Waals surface area contributed by atoms with Crippen molar-refractivity contribution in [2.45, 2.75) is 0 Å². The van der Waals surface area contributed by atoms with E-state index in [1.165, 1.54) is 0 Å². The molecule has 0 atom stereocenters. The summed E-state index contributed by atoms with van der Waals surface area (Å²) in [6, 6.07) is 26.8. The molecule has 0 fully saturated rings. The summed E-state index contributed by atoms with van der Waals surface area (Å²) in [6.07, 6.45) is 29.1. The molecule has 0 radical (unpaired) electrons. The summed E-state index contributed by atoms with van der Waals surface area (Å²) in [5.41, 5.74) is 5.74. The number of rotatable bonds is 18. The van der Waals surface area contributed by atoms with Crippen LogP contribution in [0.4, 0.5) is 22.7 Å². The predicted molar refractivity (Wildman–Crippen MR) is 235 cm³/mol. The number of anilines is 2. The summed E-state index contributed by atoms with van der Waals surface area (Å²) in [4.78, 5) is 3.98. The second-order valence-corrected chi connectivity index (χ2v) is 13.3. The Labute approximate surface area is 395 Å². The van der Waals surface area contributed by atoms with Crippen molar-refractivity contribution in [2.75, 3.05) is 62.4 Å². The van der Waals surface area contributed by atoms with Gasteiger partial charge < -0.3 is 49.5 Å². The van der Waals surface area contributed by atoms with E-state index < -0.39 is 0 Å². The van der Waals surface area contributed by atoms with E-state index in [1.54, 1.807) is 85.1 Å². The van der Waals surface area contributed by atoms with Crippen LogP contribution in [0.1, 0.15) is 0 Å². The van der Waals surface area contributed by atoms with Crippen molar-refractivity contribution < 1.29 is 73.9 Å². The number of hydrogen-bond acceptors (Lipinski definition) is 12. The van der Waals surface area contributed by atoms with E-state index in [2.05, 4.69) is 10.2 Å². The normalized spacial score (nSPS) is 13.2. The molecule has 0 unspecified atom stereocenters. The molecule has 0 amide bonds. The SMILES string of the molecule is [Fe+2].[Fe+2].[O-]C(OCCN(CCO)c1ccccc1)=C1C=CC=C1.[O-]C(OCCN(CCOC([O-])=C1C=CC=C1)c1ccc(N=Nc2ccccc2)cc1)=C1C=CC=C1.[O-]C=C1C=CC=C1. The zero-order valence-corrected chi connectivity index (χ0v) is 37.1. The summed E-state index contributed by atoms with van der Waals surface area (Å²) in [5.74, 6) is -1.05. The minimum absolute atomic E-state index is 0. The molecule has 0 saturated carbocycles. The fourth-order valence-electron chi connectivity index (χ4n) is 5.83. The van der Waals surface area contributed by atoms with Gasteiger partial charge in [0.25, 0.3) is 0 Å². The van der Waals surface area contributed by atoms with Crippen LogP contribution in [-0.2, 0) is 48.3 Å². The molecule has 4 aliphatic carbocycles. The van der Waals surface area contributed by atoms with Crippen LogP contribution in [0.5, 0.6) is 0 Å². The molecule has 7 rings (SSSR count). The molecule has 0 spiro atoms. The molecule has 0 aliphatic heterocycles. The van der Waals surface area contributed by atoms with Crippen LogP contribution in [0.15, 0.2) is 239 Å². The van der Waals surface area contributed by atoms with Crippen molar-refractivity contribution in [3.05, 3.63) is 229 Å².